The van der Waals surface area contributed by atoms with E-state index in [1.54, 1.807) is 0 Å². The number of rotatable bonds is 3. The minimum atomic E-state index is 0.122. The van der Waals surface area contributed by atoms with E-state index in [1.807, 2.05) is 23.6 Å². The second kappa shape index (κ2) is 6.68. The van der Waals surface area contributed by atoms with E-state index in [9.17, 15) is 9.59 Å². The Morgan fingerprint density at radius 3 is 2.42 bits per heavy atom. The van der Waals surface area contributed by atoms with Crippen LogP contribution < -0.4 is 0 Å². The third kappa shape index (κ3) is 3.13. The van der Waals surface area contributed by atoms with Crippen molar-refractivity contribution in [2.45, 2.75) is 39.5 Å². The van der Waals surface area contributed by atoms with E-state index in [1.165, 1.54) is 0 Å². The van der Waals surface area contributed by atoms with Crippen LogP contribution in [0.25, 0.3) is 0 Å². The van der Waals surface area contributed by atoms with Crippen LogP contribution in [0.2, 0.25) is 0 Å². The molecule has 1 aromatic heterocycles. The minimum Gasteiger partial charge on any atom is -0.381 e. The summed E-state index contributed by atoms with van der Waals surface area (Å²) in [5.41, 5.74) is 3.06. The summed E-state index contributed by atoms with van der Waals surface area (Å²) in [5, 5.41) is 7.09. The minimum absolute atomic E-state index is 0.122. The molecule has 7 nitrogen and oxygen atoms in total. The molecule has 1 aliphatic carbocycles. The molecular weight excluding hydrogens is 332 g/mol. The van der Waals surface area contributed by atoms with Crippen LogP contribution in [0.15, 0.2) is 0 Å². The molecule has 1 N–H and O–H groups in total. The molecule has 0 bridgehead atoms. The zero-order chi connectivity index (χ0) is 18.3. The fourth-order valence-electron chi connectivity index (χ4n) is 4.52. The van der Waals surface area contributed by atoms with Crippen LogP contribution in [0.3, 0.4) is 0 Å². The maximum Gasteiger partial charge on any atom is 0.227 e. The van der Waals surface area contributed by atoms with Gasteiger partial charge in [-0.3, -0.25) is 14.7 Å². The average molecular weight is 360 g/mol. The van der Waals surface area contributed by atoms with Crippen molar-refractivity contribution in [3.05, 3.63) is 17.0 Å². The molecule has 4 rings (SSSR count). The number of nitrogens with zero attached hydrogens (tertiary/aromatic N) is 3. The summed E-state index contributed by atoms with van der Waals surface area (Å²) in [7, 11) is 0. The van der Waals surface area contributed by atoms with Gasteiger partial charge in [-0.05, 0) is 38.5 Å². The normalized spacial score (nSPS) is 24.8. The number of aromatic nitrogens is 2. The second-order valence-electron chi connectivity index (χ2n) is 8.03. The first kappa shape index (κ1) is 17.5. The second-order valence-corrected chi connectivity index (χ2v) is 8.03. The molecule has 7 heteroatoms. The number of H-pyrrole nitrogens is 1. The van der Waals surface area contributed by atoms with Crippen LogP contribution in [0, 0.1) is 25.2 Å². The lowest BCUT2D eigenvalue weighted by molar-refractivity contribution is -0.140. The number of piperazine rings is 1. The van der Waals surface area contributed by atoms with Gasteiger partial charge >= 0.3 is 0 Å². The first-order valence-electron chi connectivity index (χ1n) is 9.65. The summed E-state index contributed by atoms with van der Waals surface area (Å²) >= 11 is 0. The van der Waals surface area contributed by atoms with E-state index in [0.29, 0.717) is 38.5 Å². The molecule has 2 saturated heterocycles. The van der Waals surface area contributed by atoms with Gasteiger partial charge in [0.1, 0.15) is 0 Å². The van der Waals surface area contributed by atoms with Gasteiger partial charge in [-0.15, -0.1) is 0 Å². The van der Waals surface area contributed by atoms with Gasteiger partial charge in [0.2, 0.25) is 11.8 Å². The van der Waals surface area contributed by atoms with Crippen molar-refractivity contribution in [2.75, 3.05) is 39.4 Å². The molecule has 2 amide bonds. The highest BCUT2D eigenvalue weighted by Crippen LogP contribution is 2.59. The summed E-state index contributed by atoms with van der Waals surface area (Å²) in [5.74, 6) is 0.599. The highest BCUT2D eigenvalue weighted by molar-refractivity contribution is 5.83. The molecule has 142 valence electrons. The number of carbonyl (C=O) groups is 2. The van der Waals surface area contributed by atoms with Gasteiger partial charge < -0.3 is 14.5 Å². The van der Waals surface area contributed by atoms with Gasteiger partial charge in [-0.25, -0.2) is 0 Å². The molecular formula is C19H28N4O3. The third-order valence-corrected chi connectivity index (χ3v) is 6.53. The van der Waals surface area contributed by atoms with Crippen molar-refractivity contribution < 1.29 is 14.3 Å². The van der Waals surface area contributed by atoms with Gasteiger partial charge in [0.15, 0.2) is 0 Å². The molecule has 3 heterocycles. The Bertz CT molecular complexity index is 680. The molecule has 26 heavy (non-hydrogen) atoms. The Labute approximate surface area is 154 Å². The zero-order valence-corrected chi connectivity index (χ0v) is 15.7. The van der Waals surface area contributed by atoms with Gasteiger partial charge in [0.25, 0.3) is 0 Å². The van der Waals surface area contributed by atoms with Crippen molar-refractivity contribution in [1.82, 2.24) is 20.0 Å². The van der Waals surface area contributed by atoms with Gasteiger partial charge in [0.05, 0.1) is 12.1 Å². The largest absolute Gasteiger partial charge is 0.381 e. The van der Waals surface area contributed by atoms with Crippen molar-refractivity contribution in [1.29, 1.82) is 0 Å². The molecule has 3 fully saturated rings. The fourth-order valence-corrected chi connectivity index (χ4v) is 4.52. The fraction of sp³-hybridized carbons (Fsp3) is 0.737. The molecule has 1 saturated carbocycles. The van der Waals surface area contributed by atoms with Crippen molar-refractivity contribution in [2.24, 2.45) is 11.3 Å². The Balaban J connectivity index is 1.29. The van der Waals surface area contributed by atoms with E-state index in [0.717, 1.165) is 49.4 Å². The molecule has 0 aromatic carbocycles. The average Bonchev–Trinajstić information content (AvgIpc) is 3.26. The Kier molecular flexibility index (Phi) is 4.50. The Morgan fingerprint density at radius 2 is 1.81 bits per heavy atom. The molecule has 1 unspecified atom stereocenters. The summed E-state index contributed by atoms with van der Waals surface area (Å²) in [6.45, 7) is 8.00. The number of hydrogen-bond acceptors (Lipinski definition) is 4. The Morgan fingerprint density at radius 1 is 1.15 bits per heavy atom. The van der Waals surface area contributed by atoms with Crippen LogP contribution in [0.1, 0.15) is 36.2 Å². The number of nitrogens with one attached hydrogen (secondary N) is 1. The van der Waals surface area contributed by atoms with E-state index in [2.05, 4.69) is 10.2 Å². The molecule has 1 atom stereocenters. The van der Waals surface area contributed by atoms with Gasteiger partial charge in [0, 0.05) is 56.6 Å². The number of amides is 2. The van der Waals surface area contributed by atoms with Gasteiger partial charge in [-0.1, -0.05) is 0 Å². The zero-order valence-electron chi connectivity index (χ0n) is 15.7. The number of aromatic amines is 1. The molecule has 3 aliphatic rings. The van der Waals surface area contributed by atoms with Crippen LogP contribution >= 0.6 is 0 Å². The van der Waals surface area contributed by atoms with E-state index in [-0.39, 0.29) is 17.2 Å². The maximum absolute atomic E-state index is 12.8. The van der Waals surface area contributed by atoms with Crippen LogP contribution in [-0.4, -0.2) is 71.2 Å². The lowest BCUT2D eigenvalue weighted by Crippen LogP contribution is -2.51. The highest BCUT2D eigenvalue weighted by Gasteiger charge is 2.59. The highest BCUT2D eigenvalue weighted by atomic mass is 16.5. The topological polar surface area (TPSA) is 78.5 Å². The van der Waals surface area contributed by atoms with Crippen molar-refractivity contribution in [3.8, 4) is 0 Å². The molecule has 0 radical (unpaired) electrons. The SMILES string of the molecule is Cc1n[nH]c(C)c1CC(=O)N1CCN(C(=O)C2CC23CCOCC3)CC1. The summed E-state index contributed by atoms with van der Waals surface area (Å²) in [6, 6.07) is 0. The number of hydrogen-bond donors (Lipinski definition) is 1. The monoisotopic (exact) mass is 360 g/mol. The number of aryl methyl sites for hydroxylation is 2. The smallest absolute Gasteiger partial charge is 0.227 e. The van der Waals surface area contributed by atoms with Gasteiger partial charge in [-0.2, -0.15) is 5.10 Å². The lowest BCUT2D eigenvalue weighted by Gasteiger charge is -2.35. The van der Waals surface area contributed by atoms with Crippen LogP contribution in [0.4, 0.5) is 0 Å². The van der Waals surface area contributed by atoms with Crippen LogP contribution in [-0.2, 0) is 20.7 Å². The first-order valence-corrected chi connectivity index (χ1v) is 9.65. The van der Waals surface area contributed by atoms with Crippen molar-refractivity contribution in [3.63, 3.8) is 0 Å². The van der Waals surface area contributed by atoms with E-state index < -0.39 is 0 Å². The predicted molar refractivity (Wildman–Crippen MR) is 95.5 cm³/mol. The lowest BCUT2D eigenvalue weighted by atomic mass is 9.93. The van der Waals surface area contributed by atoms with Crippen molar-refractivity contribution >= 4 is 11.8 Å². The summed E-state index contributed by atoms with van der Waals surface area (Å²) in [6.07, 6.45) is 3.44. The summed E-state index contributed by atoms with van der Waals surface area (Å²) < 4.78 is 5.44. The summed E-state index contributed by atoms with van der Waals surface area (Å²) in [4.78, 5) is 29.3. The standard InChI is InChI=1S/C19H28N4O3/c1-13-15(14(2)21-20-13)11-17(24)22-5-7-23(8-6-22)18(25)16-12-19(16)3-9-26-10-4-19/h16H,3-12H2,1-2H3,(H,20,21). The molecule has 1 aromatic rings. The van der Waals surface area contributed by atoms with E-state index >= 15 is 0 Å². The molecule has 1 spiro atoms. The quantitative estimate of drug-likeness (QED) is 0.874. The molecule has 2 aliphatic heterocycles. The predicted octanol–water partition coefficient (Wildman–Crippen LogP) is 1.06. The van der Waals surface area contributed by atoms with E-state index in [4.69, 9.17) is 4.74 Å². The Hall–Kier alpha value is -1.89. The first-order chi connectivity index (χ1) is 12.5. The third-order valence-electron chi connectivity index (χ3n) is 6.53. The maximum atomic E-state index is 12.8. The number of ether oxygens (including phenoxy) is 1. The van der Waals surface area contributed by atoms with Crippen LogP contribution in [0.5, 0.6) is 0 Å². The number of carbonyl (C=O) groups excluding carboxylic acids is 2.